The molecule has 2 atom stereocenters. The third-order valence-corrected chi connectivity index (χ3v) is 5.19. The van der Waals surface area contributed by atoms with Gasteiger partial charge >= 0.3 is 5.97 Å². The fourth-order valence-electron chi connectivity index (χ4n) is 3.76. The van der Waals surface area contributed by atoms with Crippen molar-refractivity contribution in [3.05, 3.63) is 29.8 Å². The molecule has 2 saturated heterocycles. The van der Waals surface area contributed by atoms with Crippen LogP contribution in [-0.2, 0) is 9.53 Å². The van der Waals surface area contributed by atoms with Gasteiger partial charge in [-0.2, -0.15) is 0 Å². The highest BCUT2D eigenvalue weighted by molar-refractivity contribution is 5.92. The third kappa shape index (κ3) is 3.77. The number of primary amides is 1. The van der Waals surface area contributed by atoms with E-state index >= 15 is 0 Å². The molecule has 0 unspecified atom stereocenters. The van der Waals surface area contributed by atoms with Crippen LogP contribution in [-0.4, -0.2) is 61.3 Å². The molecular weight excluding hydrogens is 324 g/mol. The van der Waals surface area contributed by atoms with E-state index < -0.39 is 17.3 Å². The van der Waals surface area contributed by atoms with Crippen molar-refractivity contribution in [2.45, 2.75) is 12.8 Å². The summed E-state index contributed by atoms with van der Waals surface area (Å²) in [5, 5.41) is 9.63. The molecule has 0 spiro atoms. The van der Waals surface area contributed by atoms with Gasteiger partial charge in [-0.3, -0.25) is 9.59 Å². The lowest BCUT2D eigenvalue weighted by molar-refractivity contribution is -0.159. The summed E-state index contributed by atoms with van der Waals surface area (Å²) in [4.78, 5) is 25.0. The smallest absolute Gasteiger partial charge is 0.313 e. The Labute approximate surface area is 146 Å². The molecule has 2 heterocycles. The number of nitrogens with two attached hydrogens (primary N) is 1. The van der Waals surface area contributed by atoms with Gasteiger partial charge in [0.25, 0.3) is 0 Å². The normalized spacial score (nSPS) is 26.2. The summed E-state index contributed by atoms with van der Waals surface area (Å²) in [5.74, 6) is -0.347. The molecule has 0 aromatic heterocycles. The van der Waals surface area contributed by atoms with Crippen LogP contribution < -0.4 is 10.5 Å². The molecule has 136 valence electrons. The molecule has 7 heteroatoms. The molecule has 3 N–H and O–H groups in total. The number of aliphatic carboxylic acids is 1. The Kier molecular flexibility index (Phi) is 5.24. The average molecular weight is 348 g/mol. The van der Waals surface area contributed by atoms with Crippen molar-refractivity contribution in [1.82, 2.24) is 4.90 Å². The highest BCUT2D eigenvalue weighted by Crippen LogP contribution is 2.41. The van der Waals surface area contributed by atoms with Crippen molar-refractivity contribution in [3.63, 3.8) is 0 Å². The Morgan fingerprint density at radius 1 is 1.36 bits per heavy atom. The summed E-state index contributed by atoms with van der Waals surface area (Å²) < 4.78 is 11.1. The molecular formula is C18H24N2O5. The van der Waals surface area contributed by atoms with Crippen molar-refractivity contribution in [2.75, 3.05) is 39.5 Å². The van der Waals surface area contributed by atoms with E-state index in [1.54, 1.807) is 24.3 Å². The van der Waals surface area contributed by atoms with Gasteiger partial charge in [-0.25, -0.2) is 0 Å². The lowest BCUT2D eigenvalue weighted by Gasteiger charge is -2.34. The van der Waals surface area contributed by atoms with E-state index in [-0.39, 0.29) is 5.92 Å². The molecule has 25 heavy (non-hydrogen) atoms. The summed E-state index contributed by atoms with van der Waals surface area (Å²) in [7, 11) is 0. The highest BCUT2D eigenvalue weighted by Gasteiger charge is 2.53. The topological polar surface area (TPSA) is 102 Å². The van der Waals surface area contributed by atoms with Crippen molar-refractivity contribution in [2.24, 2.45) is 17.1 Å². The second kappa shape index (κ2) is 7.41. The van der Waals surface area contributed by atoms with Crippen molar-refractivity contribution in [3.8, 4) is 5.75 Å². The molecule has 1 aromatic carbocycles. The summed E-state index contributed by atoms with van der Waals surface area (Å²) in [6.07, 6.45) is 1.62. The number of rotatable bonds is 7. The Morgan fingerprint density at radius 3 is 2.76 bits per heavy atom. The molecule has 3 rings (SSSR count). The molecule has 0 saturated carbocycles. The quantitative estimate of drug-likeness (QED) is 0.712. The van der Waals surface area contributed by atoms with E-state index in [1.807, 2.05) is 0 Å². The largest absolute Gasteiger partial charge is 0.494 e. The summed E-state index contributed by atoms with van der Waals surface area (Å²) in [6.45, 7) is 3.64. The second-order valence-electron chi connectivity index (χ2n) is 6.83. The summed E-state index contributed by atoms with van der Waals surface area (Å²) in [5.41, 5.74) is 4.91. The Bertz CT molecular complexity index is 633. The van der Waals surface area contributed by atoms with Gasteiger partial charge in [0.1, 0.15) is 11.2 Å². The molecule has 1 amide bonds. The predicted octanol–water partition coefficient (Wildman–Crippen LogP) is 0.978. The molecule has 0 bridgehead atoms. The molecule has 2 aliphatic heterocycles. The van der Waals surface area contributed by atoms with Crippen LogP contribution in [0.15, 0.2) is 24.3 Å². The van der Waals surface area contributed by atoms with Gasteiger partial charge in [0.05, 0.1) is 13.2 Å². The first-order chi connectivity index (χ1) is 12.0. The van der Waals surface area contributed by atoms with Gasteiger partial charge in [0.2, 0.25) is 5.91 Å². The monoisotopic (exact) mass is 348 g/mol. The minimum atomic E-state index is -0.746. The minimum absolute atomic E-state index is 0.168. The fourth-order valence-corrected chi connectivity index (χ4v) is 3.76. The van der Waals surface area contributed by atoms with E-state index in [4.69, 9.17) is 15.2 Å². The van der Waals surface area contributed by atoms with Crippen LogP contribution in [0, 0.1) is 11.3 Å². The Hall–Kier alpha value is -2.12. The molecule has 2 fully saturated rings. The predicted molar refractivity (Wildman–Crippen MR) is 90.5 cm³/mol. The standard InChI is InChI=1S/C18H24N2O5/c19-16(21)13-2-4-15(5-3-13)25-8-1-7-20-10-14-6-9-24-12-18(14,11-20)17(22)23/h2-5,14H,1,6-12H2,(H2,19,21)(H,22,23)/t14-,18+/m0/s1. The molecule has 7 nitrogen and oxygen atoms in total. The number of hydrogen-bond donors (Lipinski definition) is 2. The van der Waals surface area contributed by atoms with Gasteiger partial charge < -0.3 is 25.2 Å². The van der Waals surface area contributed by atoms with Gasteiger partial charge in [-0.15, -0.1) is 0 Å². The number of carboxylic acids is 1. The maximum Gasteiger partial charge on any atom is 0.313 e. The zero-order chi connectivity index (χ0) is 17.9. The number of likely N-dealkylation sites (tertiary alicyclic amines) is 1. The van der Waals surface area contributed by atoms with E-state index in [0.29, 0.717) is 37.7 Å². The maximum absolute atomic E-state index is 11.7. The second-order valence-corrected chi connectivity index (χ2v) is 6.83. The van der Waals surface area contributed by atoms with Crippen LogP contribution in [0.25, 0.3) is 0 Å². The third-order valence-electron chi connectivity index (χ3n) is 5.19. The fraction of sp³-hybridized carbons (Fsp3) is 0.556. The van der Waals surface area contributed by atoms with E-state index in [2.05, 4.69) is 4.90 Å². The first-order valence-electron chi connectivity index (χ1n) is 8.57. The van der Waals surface area contributed by atoms with E-state index in [0.717, 1.165) is 25.9 Å². The number of fused-ring (bicyclic) bond motifs is 1. The van der Waals surface area contributed by atoms with Crippen LogP contribution in [0.4, 0.5) is 0 Å². The number of hydrogen-bond acceptors (Lipinski definition) is 5. The molecule has 0 radical (unpaired) electrons. The van der Waals surface area contributed by atoms with Crippen molar-refractivity contribution < 1.29 is 24.2 Å². The highest BCUT2D eigenvalue weighted by atomic mass is 16.5. The zero-order valence-electron chi connectivity index (χ0n) is 14.1. The van der Waals surface area contributed by atoms with Crippen LogP contribution in [0.2, 0.25) is 0 Å². The van der Waals surface area contributed by atoms with Crippen LogP contribution in [0.1, 0.15) is 23.2 Å². The van der Waals surface area contributed by atoms with Crippen LogP contribution >= 0.6 is 0 Å². The van der Waals surface area contributed by atoms with Crippen molar-refractivity contribution >= 4 is 11.9 Å². The van der Waals surface area contributed by atoms with Gasteiger partial charge in [-0.1, -0.05) is 0 Å². The van der Waals surface area contributed by atoms with Crippen LogP contribution in [0.3, 0.4) is 0 Å². The Morgan fingerprint density at radius 2 is 2.12 bits per heavy atom. The maximum atomic E-state index is 11.7. The van der Waals surface area contributed by atoms with Gasteiger partial charge in [0, 0.05) is 31.8 Å². The first-order valence-corrected chi connectivity index (χ1v) is 8.57. The average Bonchev–Trinajstić information content (AvgIpc) is 2.99. The SMILES string of the molecule is NC(=O)c1ccc(OCCCN2C[C@@H]3CCOC[C@]3(C(=O)O)C2)cc1. The van der Waals surface area contributed by atoms with E-state index in [1.165, 1.54) is 0 Å². The number of nitrogens with zero attached hydrogens (tertiary/aromatic N) is 1. The number of benzene rings is 1. The Balaban J connectivity index is 1.45. The minimum Gasteiger partial charge on any atom is -0.494 e. The number of carboxylic acid groups (broad SMARTS) is 1. The number of ether oxygens (including phenoxy) is 2. The van der Waals surface area contributed by atoms with E-state index in [9.17, 15) is 14.7 Å². The molecule has 2 aliphatic rings. The number of amides is 1. The van der Waals surface area contributed by atoms with Gasteiger partial charge in [-0.05, 0) is 43.0 Å². The van der Waals surface area contributed by atoms with Gasteiger partial charge in [0.15, 0.2) is 0 Å². The van der Waals surface area contributed by atoms with Crippen LogP contribution in [0.5, 0.6) is 5.75 Å². The van der Waals surface area contributed by atoms with Crippen molar-refractivity contribution in [1.29, 1.82) is 0 Å². The lowest BCUT2D eigenvalue weighted by Crippen LogP contribution is -2.46. The molecule has 1 aromatic rings. The summed E-state index contributed by atoms with van der Waals surface area (Å²) in [6, 6.07) is 6.72. The molecule has 0 aliphatic carbocycles. The zero-order valence-corrected chi connectivity index (χ0v) is 14.1. The number of carbonyl (C=O) groups excluding carboxylic acids is 1. The lowest BCUT2D eigenvalue weighted by atomic mass is 9.76. The summed E-state index contributed by atoms with van der Waals surface area (Å²) >= 11 is 0. The first kappa shape index (κ1) is 17.7. The number of carbonyl (C=O) groups is 2.